The van der Waals surface area contributed by atoms with Crippen molar-refractivity contribution in [2.45, 2.75) is 6.54 Å². The lowest BCUT2D eigenvalue weighted by Crippen LogP contribution is -2.42. The third-order valence-corrected chi connectivity index (χ3v) is 3.49. The van der Waals surface area contributed by atoms with Crippen LogP contribution in [0.15, 0.2) is 53.7 Å². The summed E-state index contributed by atoms with van der Waals surface area (Å²) in [6.45, 7) is 0.878. The molecule has 0 saturated carbocycles. The molecule has 130 valence electrons. The van der Waals surface area contributed by atoms with E-state index < -0.39 is 0 Å². The van der Waals surface area contributed by atoms with Crippen LogP contribution >= 0.6 is 24.0 Å². The van der Waals surface area contributed by atoms with Crippen molar-refractivity contribution in [2.75, 3.05) is 26.0 Å². The Balaban J connectivity index is 0.00000288. The number of halogens is 1. The first-order valence-electron chi connectivity index (χ1n) is 7.47. The summed E-state index contributed by atoms with van der Waals surface area (Å²) >= 11 is 0. The number of nitrogens with zero attached hydrogens (tertiary/aromatic N) is 3. The SMILES string of the molecule is CN=C(NCC(=O)Nc1ccccc1)N(C)Cc1cccn1C.I. The first-order valence-corrected chi connectivity index (χ1v) is 7.47. The van der Waals surface area contributed by atoms with Gasteiger partial charge in [0, 0.05) is 38.7 Å². The van der Waals surface area contributed by atoms with Gasteiger partial charge in [-0.3, -0.25) is 9.79 Å². The van der Waals surface area contributed by atoms with Crippen LogP contribution in [0.4, 0.5) is 5.69 Å². The van der Waals surface area contributed by atoms with Crippen LogP contribution in [0.25, 0.3) is 0 Å². The number of para-hydroxylation sites is 1. The van der Waals surface area contributed by atoms with Crippen molar-refractivity contribution >= 4 is 41.5 Å². The van der Waals surface area contributed by atoms with Crippen molar-refractivity contribution < 1.29 is 4.79 Å². The highest BCUT2D eigenvalue weighted by Gasteiger charge is 2.10. The molecule has 1 aromatic heterocycles. The Labute approximate surface area is 160 Å². The van der Waals surface area contributed by atoms with Gasteiger partial charge in [0.2, 0.25) is 5.91 Å². The van der Waals surface area contributed by atoms with Crippen LogP contribution in [0.1, 0.15) is 5.69 Å². The number of nitrogens with one attached hydrogen (secondary N) is 2. The quantitative estimate of drug-likeness (QED) is 0.425. The zero-order chi connectivity index (χ0) is 16.7. The van der Waals surface area contributed by atoms with Crippen molar-refractivity contribution in [1.82, 2.24) is 14.8 Å². The Morgan fingerprint density at radius 1 is 1.21 bits per heavy atom. The summed E-state index contributed by atoms with van der Waals surface area (Å²) < 4.78 is 2.06. The molecular formula is C17H24IN5O. The maximum absolute atomic E-state index is 12.0. The second-order valence-electron chi connectivity index (χ2n) is 5.28. The molecule has 2 aromatic rings. The summed E-state index contributed by atoms with van der Waals surface area (Å²) in [5.41, 5.74) is 1.95. The van der Waals surface area contributed by atoms with Gasteiger partial charge >= 0.3 is 0 Å². The van der Waals surface area contributed by atoms with Crippen molar-refractivity contribution in [3.8, 4) is 0 Å². The predicted molar refractivity (Wildman–Crippen MR) is 109 cm³/mol. The van der Waals surface area contributed by atoms with Crippen LogP contribution < -0.4 is 10.6 Å². The van der Waals surface area contributed by atoms with Gasteiger partial charge in [-0.25, -0.2) is 0 Å². The normalized spacial score (nSPS) is 10.7. The molecule has 0 bridgehead atoms. The lowest BCUT2D eigenvalue weighted by atomic mass is 10.3. The minimum Gasteiger partial charge on any atom is -0.353 e. The molecule has 7 heteroatoms. The molecule has 0 aliphatic carbocycles. The number of anilines is 1. The van der Waals surface area contributed by atoms with Crippen molar-refractivity contribution in [1.29, 1.82) is 0 Å². The molecule has 6 nitrogen and oxygen atoms in total. The van der Waals surface area contributed by atoms with Crippen molar-refractivity contribution in [3.63, 3.8) is 0 Å². The Hall–Kier alpha value is -2.03. The van der Waals surface area contributed by atoms with Gasteiger partial charge in [-0.2, -0.15) is 0 Å². The monoisotopic (exact) mass is 441 g/mol. The number of guanidine groups is 1. The van der Waals surface area contributed by atoms with Crippen molar-refractivity contribution in [3.05, 3.63) is 54.4 Å². The third-order valence-electron chi connectivity index (χ3n) is 3.49. The average Bonchev–Trinajstić information content (AvgIpc) is 2.94. The number of hydrogen-bond acceptors (Lipinski definition) is 2. The van der Waals surface area contributed by atoms with E-state index in [0.717, 1.165) is 5.69 Å². The lowest BCUT2D eigenvalue weighted by Gasteiger charge is -2.22. The van der Waals surface area contributed by atoms with Crippen LogP contribution in [0.3, 0.4) is 0 Å². The van der Waals surface area contributed by atoms with E-state index in [1.807, 2.05) is 61.6 Å². The highest BCUT2D eigenvalue weighted by atomic mass is 127. The van der Waals surface area contributed by atoms with Crippen LogP contribution in [0, 0.1) is 0 Å². The summed E-state index contributed by atoms with van der Waals surface area (Å²) in [5, 5.41) is 5.91. The molecule has 24 heavy (non-hydrogen) atoms. The van der Waals surface area contributed by atoms with Gasteiger partial charge in [0.25, 0.3) is 0 Å². The van der Waals surface area contributed by atoms with E-state index in [1.54, 1.807) is 7.05 Å². The lowest BCUT2D eigenvalue weighted by molar-refractivity contribution is -0.115. The average molecular weight is 441 g/mol. The van der Waals surface area contributed by atoms with E-state index in [0.29, 0.717) is 12.5 Å². The number of hydrogen-bond donors (Lipinski definition) is 2. The minimum atomic E-state index is -0.107. The van der Waals surface area contributed by atoms with Gasteiger partial charge in [0.05, 0.1) is 13.1 Å². The highest BCUT2D eigenvalue weighted by Crippen LogP contribution is 2.05. The Bertz CT molecular complexity index is 669. The largest absolute Gasteiger partial charge is 0.353 e. The number of amides is 1. The van der Waals surface area contributed by atoms with E-state index in [1.165, 1.54) is 5.69 Å². The van der Waals surface area contributed by atoms with E-state index in [2.05, 4.69) is 26.3 Å². The van der Waals surface area contributed by atoms with E-state index >= 15 is 0 Å². The number of benzene rings is 1. The fourth-order valence-electron chi connectivity index (χ4n) is 2.25. The van der Waals surface area contributed by atoms with Crippen LogP contribution in [-0.2, 0) is 18.4 Å². The first-order chi connectivity index (χ1) is 11.1. The second kappa shape index (κ2) is 9.96. The molecule has 0 radical (unpaired) electrons. The first kappa shape index (κ1) is 20.0. The number of aromatic nitrogens is 1. The third kappa shape index (κ3) is 5.88. The summed E-state index contributed by atoms with van der Waals surface area (Å²) in [5.74, 6) is 0.569. The molecule has 0 spiro atoms. The zero-order valence-electron chi connectivity index (χ0n) is 14.2. The molecule has 1 amide bonds. The van der Waals surface area contributed by atoms with E-state index in [-0.39, 0.29) is 36.4 Å². The molecular weight excluding hydrogens is 417 g/mol. The van der Waals surface area contributed by atoms with Crippen LogP contribution in [0.2, 0.25) is 0 Å². The fraction of sp³-hybridized carbons (Fsp3) is 0.294. The van der Waals surface area contributed by atoms with Gasteiger partial charge in [0.15, 0.2) is 5.96 Å². The van der Waals surface area contributed by atoms with Gasteiger partial charge in [-0.15, -0.1) is 24.0 Å². The Kier molecular flexibility index (Phi) is 8.31. The Morgan fingerprint density at radius 3 is 2.50 bits per heavy atom. The fourth-order valence-corrected chi connectivity index (χ4v) is 2.25. The minimum absolute atomic E-state index is 0. The van der Waals surface area contributed by atoms with E-state index in [4.69, 9.17) is 0 Å². The van der Waals surface area contributed by atoms with Crippen LogP contribution in [-0.4, -0.2) is 42.0 Å². The van der Waals surface area contributed by atoms with Crippen LogP contribution in [0.5, 0.6) is 0 Å². The second-order valence-corrected chi connectivity index (χ2v) is 5.28. The smallest absolute Gasteiger partial charge is 0.243 e. The summed E-state index contributed by atoms with van der Waals surface area (Å²) in [4.78, 5) is 18.2. The topological polar surface area (TPSA) is 61.7 Å². The summed E-state index contributed by atoms with van der Waals surface area (Å²) in [6, 6.07) is 13.5. The number of rotatable bonds is 5. The molecule has 2 N–H and O–H groups in total. The molecule has 2 rings (SSSR count). The van der Waals surface area contributed by atoms with Gasteiger partial charge in [-0.05, 0) is 24.3 Å². The molecule has 0 saturated heterocycles. The number of carbonyl (C=O) groups excluding carboxylic acids is 1. The molecule has 0 atom stereocenters. The van der Waals surface area contributed by atoms with Crippen molar-refractivity contribution in [2.24, 2.45) is 12.0 Å². The Morgan fingerprint density at radius 2 is 1.92 bits per heavy atom. The molecule has 1 aromatic carbocycles. The molecule has 1 heterocycles. The maximum atomic E-state index is 12.0. The predicted octanol–water partition coefficient (Wildman–Crippen LogP) is 2.29. The zero-order valence-corrected chi connectivity index (χ0v) is 16.5. The summed E-state index contributed by atoms with van der Waals surface area (Å²) in [7, 11) is 5.66. The summed E-state index contributed by atoms with van der Waals surface area (Å²) in [6.07, 6.45) is 2.01. The number of aryl methyl sites for hydroxylation is 1. The standard InChI is InChI=1S/C17H23N5O.HI/c1-18-17(22(3)13-15-10-7-11-21(15)2)19-12-16(23)20-14-8-5-4-6-9-14;/h4-11H,12-13H2,1-3H3,(H,18,19)(H,20,23);1H. The van der Waals surface area contributed by atoms with E-state index in [9.17, 15) is 4.79 Å². The maximum Gasteiger partial charge on any atom is 0.243 e. The number of aliphatic imine (C=N–C) groups is 1. The number of carbonyl (C=O) groups is 1. The molecule has 0 unspecified atom stereocenters. The van der Waals surface area contributed by atoms with Gasteiger partial charge < -0.3 is 20.1 Å². The molecule has 0 aliphatic heterocycles. The highest BCUT2D eigenvalue weighted by molar-refractivity contribution is 14.0. The van der Waals surface area contributed by atoms with Gasteiger partial charge in [0.1, 0.15) is 0 Å². The molecule has 0 fully saturated rings. The van der Waals surface area contributed by atoms with Gasteiger partial charge in [-0.1, -0.05) is 18.2 Å². The molecule has 0 aliphatic rings.